The first-order valence-electron chi connectivity index (χ1n) is 5.41. The summed E-state index contributed by atoms with van der Waals surface area (Å²) < 4.78 is 0.831. The minimum atomic E-state index is -0.276. The Kier molecular flexibility index (Phi) is 4.04. The van der Waals surface area contributed by atoms with Crippen LogP contribution in [0.25, 0.3) is 0 Å². The van der Waals surface area contributed by atoms with Gasteiger partial charge in [0, 0.05) is 16.2 Å². The number of halogens is 2. The highest BCUT2D eigenvalue weighted by atomic mass is 79.9. The molecule has 2 aromatic rings. The molecule has 6 heteroatoms. The van der Waals surface area contributed by atoms with Gasteiger partial charge in [-0.2, -0.15) is 5.10 Å². The third-order valence-electron chi connectivity index (χ3n) is 2.43. The topological polar surface area (TPSA) is 57.8 Å². The molecule has 0 saturated carbocycles. The van der Waals surface area contributed by atoms with Crippen LogP contribution in [0.4, 0.5) is 5.82 Å². The average Bonchev–Trinajstić information content (AvgIpc) is 2.76. The number of carbonyl (C=O) groups excluding carboxylic acids is 1. The molecule has 1 aromatic carbocycles. The van der Waals surface area contributed by atoms with Crippen LogP contribution in [0.5, 0.6) is 0 Å². The van der Waals surface area contributed by atoms with Crippen LogP contribution in [0.1, 0.15) is 23.0 Å². The van der Waals surface area contributed by atoms with Gasteiger partial charge in [-0.15, -0.1) is 0 Å². The average molecular weight is 329 g/mol. The number of aromatic amines is 1. The predicted octanol–water partition coefficient (Wildman–Crippen LogP) is 3.64. The molecule has 2 rings (SSSR count). The first kappa shape index (κ1) is 13.1. The molecule has 1 aromatic heterocycles. The molecule has 0 saturated heterocycles. The molecule has 0 aliphatic carbocycles. The number of H-pyrrole nitrogens is 1. The molecule has 0 unspecified atom stereocenters. The monoisotopic (exact) mass is 327 g/mol. The Bertz CT molecular complexity index is 582. The molecule has 0 aliphatic rings. The maximum absolute atomic E-state index is 12.0. The lowest BCUT2D eigenvalue weighted by Crippen LogP contribution is -2.12. The van der Waals surface area contributed by atoms with E-state index in [9.17, 15) is 4.79 Å². The minimum absolute atomic E-state index is 0.276. The largest absolute Gasteiger partial charge is 0.305 e. The van der Waals surface area contributed by atoms with E-state index >= 15 is 0 Å². The van der Waals surface area contributed by atoms with Crippen molar-refractivity contribution in [3.8, 4) is 0 Å². The van der Waals surface area contributed by atoms with E-state index in [2.05, 4.69) is 31.4 Å². The van der Waals surface area contributed by atoms with Crippen molar-refractivity contribution in [2.75, 3.05) is 5.32 Å². The summed E-state index contributed by atoms with van der Waals surface area (Å²) in [5.74, 6) is 0.220. The smallest absolute Gasteiger partial charge is 0.258 e. The fraction of sp³-hybridized carbons (Fsp3) is 0.167. The fourth-order valence-electron chi connectivity index (χ4n) is 1.46. The first-order valence-corrected chi connectivity index (χ1v) is 6.58. The van der Waals surface area contributed by atoms with Gasteiger partial charge in [-0.3, -0.25) is 9.89 Å². The third kappa shape index (κ3) is 2.91. The SMILES string of the molecule is CCc1cc(NC(=O)c2ccc(Br)cc2Cl)n[nH]1. The molecule has 94 valence electrons. The van der Waals surface area contributed by atoms with E-state index in [1.165, 1.54) is 0 Å². The van der Waals surface area contributed by atoms with Crippen LogP contribution < -0.4 is 5.32 Å². The molecule has 0 aliphatic heterocycles. The fourth-order valence-corrected chi connectivity index (χ4v) is 2.22. The number of rotatable bonds is 3. The Morgan fingerprint density at radius 3 is 2.89 bits per heavy atom. The first-order chi connectivity index (χ1) is 8.60. The molecule has 0 spiro atoms. The summed E-state index contributed by atoms with van der Waals surface area (Å²) >= 11 is 9.30. The van der Waals surface area contributed by atoms with Crippen LogP contribution in [0.15, 0.2) is 28.7 Å². The second-order valence-corrected chi connectivity index (χ2v) is 5.03. The number of nitrogens with zero attached hydrogens (tertiary/aromatic N) is 1. The standard InChI is InChI=1S/C12H11BrClN3O/c1-2-8-6-11(17-16-8)15-12(18)9-4-3-7(13)5-10(9)14/h3-6H,2H2,1H3,(H2,15,16,17,18). The second kappa shape index (κ2) is 5.54. The van der Waals surface area contributed by atoms with E-state index in [0.29, 0.717) is 16.4 Å². The van der Waals surface area contributed by atoms with Gasteiger partial charge < -0.3 is 5.32 Å². The molecule has 0 radical (unpaired) electrons. The second-order valence-electron chi connectivity index (χ2n) is 3.71. The lowest BCUT2D eigenvalue weighted by atomic mass is 10.2. The lowest BCUT2D eigenvalue weighted by Gasteiger charge is -2.04. The Morgan fingerprint density at radius 1 is 1.50 bits per heavy atom. The highest BCUT2D eigenvalue weighted by Gasteiger charge is 2.12. The Morgan fingerprint density at radius 2 is 2.28 bits per heavy atom. The Labute approximate surface area is 118 Å². The van der Waals surface area contributed by atoms with Crippen molar-refractivity contribution in [2.45, 2.75) is 13.3 Å². The van der Waals surface area contributed by atoms with Crippen molar-refractivity contribution in [1.82, 2.24) is 10.2 Å². The van der Waals surface area contributed by atoms with Gasteiger partial charge in [0.15, 0.2) is 5.82 Å². The number of carbonyl (C=O) groups is 1. The number of benzene rings is 1. The van der Waals surface area contributed by atoms with Crippen molar-refractivity contribution in [2.24, 2.45) is 0 Å². The predicted molar refractivity (Wildman–Crippen MR) is 75.1 cm³/mol. The van der Waals surface area contributed by atoms with Gasteiger partial charge in [-0.25, -0.2) is 0 Å². The van der Waals surface area contributed by atoms with E-state index in [1.807, 2.05) is 6.92 Å². The number of nitrogens with one attached hydrogen (secondary N) is 2. The van der Waals surface area contributed by atoms with Crippen LogP contribution in [-0.4, -0.2) is 16.1 Å². The van der Waals surface area contributed by atoms with Gasteiger partial charge in [0.1, 0.15) is 0 Å². The van der Waals surface area contributed by atoms with Crippen LogP contribution in [0, 0.1) is 0 Å². The Balaban J connectivity index is 2.16. The highest BCUT2D eigenvalue weighted by molar-refractivity contribution is 9.10. The van der Waals surface area contributed by atoms with E-state index in [4.69, 9.17) is 11.6 Å². The number of aromatic nitrogens is 2. The maximum Gasteiger partial charge on any atom is 0.258 e. The summed E-state index contributed by atoms with van der Waals surface area (Å²) in [6.45, 7) is 2.00. The molecular weight excluding hydrogens is 318 g/mol. The van der Waals surface area contributed by atoms with Gasteiger partial charge in [0.25, 0.3) is 5.91 Å². The van der Waals surface area contributed by atoms with Gasteiger partial charge in [0.2, 0.25) is 0 Å². The molecule has 1 heterocycles. The van der Waals surface area contributed by atoms with E-state index in [-0.39, 0.29) is 5.91 Å². The van der Waals surface area contributed by atoms with E-state index < -0.39 is 0 Å². The summed E-state index contributed by atoms with van der Waals surface area (Å²) in [6, 6.07) is 6.90. The van der Waals surface area contributed by atoms with Crippen LogP contribution in [0.2, 0.25) is 5.02 Å². The van der Waals surface area contributed by atoms with Gasteiger partial charge in [-0.1, -0.05) is 34.5 Å². The molecule has 0 bridgehead atoms. The van der Waals surface area contributed by atoms with E-state index in [0.717, 1.165) is 16.6 Å². The van der Waals surface area contributed by atoms with Crippen molar-refractivity contribution in [3.05, 3.63) is 45.0 Å². The number of anilines is 1. The summed E-state index contributed by atoms with van der Waals surface area (Å²) in [5, 5.41) is 9.91. The summed E-state index contributed by atoms with van der Waals surface area (Å²) in [4.78, 5) is 12.0. The quantitative estimate of drug-likeness (QED) is 0.903. The number of amides is 1. The number of hydrogen-bond donors (Lipinski definition) is 2. The molecule has 1 amide bonds. The molecular formula is C12H11BrClN3O. The summed E-state index contributed by atoms with van der Waals surface area (Å²) in [5.41, 5.74) is 1.38. The van der Waals surface area contributed by atoms with Crippen molar-refractivity contribution in [3.63, 3.8) is 0 Å². The summed E-state index contributed by atoms with van der Waals surface area (Å²) in [6.07, 6.45) is 0.835. The normalized spacial score (nSPS) is 10.4. The highest BCUT2D eigenvalue weighted by Crippen LogP contribution is 2.22. The van der Waals surface area contributed by atoms with Crippen LogP contribution in [-0.2, 0) is 6.42 Å². The molecule has 4 nitrogen and oxygen atoms in total. The molecule has 18 heavy (non-hydrogen) atoms. The minimum Gasteiger partial charge on any atom is -0.305 e. The van der Waals surface area contributed by atoms with Crippen LogP contribution >= 0.6 is 27.5 Å². The zero-order chi connectivity index (χ0) is 13.1. The molecule has 0 atom stereocenters. The van der Waals surface area contributed by atoms with Crippen molar-refractivity contribution < 1.29 is 4.79 Å². The van der Waals surface area contributed by atoms with Gasteiger partial charge in [0.05, 0.1) is 10.6 Å². The molecule has 2 N–H and O–H groups in total. The lowest BCUT2D eigenvalue weighted by molar-refractivity contribution is 0.102. The van der Waals surface area contributed by atoms with Crippen molar-refractivity contribution >= 4 is 39.3 Å². The Hall–Kier alpha value is -1.33. The number of hydrogen-bond acceptors (Lipinski definition) is 2. The zero-order valence-electron chi connectivity index (χ0n) is 9.63. The summed E-state index contributed by atoms with van der Waals surface area (Å²) in [7, 11) is 0. The van der Waals surface area contributed by atoms with Crippen LogP contribution in [0.3, 0.4) is 0 Å². The molecule has 0 fully saturated rings. The maximum atomic E-state index is 12.0. The van der Waals surface area contributed by atoms with Crippen molar-refractivity contribution in [1.29, 1.82) is 0 Å². The number of aryl methyl sites for hydroxylation is 1. The van der Waals surface area contributed by atoms with E-state index in [1.54, 1.807) is 24.3 Å². The van der Waals surface area contributed by atoms with Gasteiger partial charge >= 0.3 is 0 Å². The van der Waals surface area contributed by atoms with Gasteiger partial charge in [-0.05, 0) is 24.6 Å². The third-order valence-corrected chi connectivity index (χ3v) is 3.24. The zero-order valence-corrected chi connectivity index (χ0v) is 12.0.